The van der Waals surface area contributed by atoms with Gasteiger partial charge in [0.2, 0.25) is 0 Å². The lowest BCUT2D eigenvalue weighted by Gasteiger charge is -2.24. The summed E-state index contributed by atoms with van der Waals surface area (Å²) < 4.78 is 18.2. The Labute approximate surface area is 212 Å². The van der Waals surface area contributed by atoms with E-state index in [4.69, 9.17) is 14.2 Å². The number of nitrogens with zero attached hydrogens (tertiary/aromatic N) is 2. The second-order valence-electron chi connectivity index (χ2n) is 7.91. The van der Waals surface area contributed by atoms with Gasteiger partial charge < -0.3 is 14.2 Å². The van der Waals surface area contributed by atoms with Crippen LogP contribution >= 0.6 is 11.3 Å². The molecule has 0 saturated carbocycles. The van der Waals surface area contributed by atoms with E-state index in [0.717, 1.165) is 11.1 Å². The van der Waals surface area contributed by atoms with Crippen molar-refractivity contribution in [1.82, 2.24) is 4.57 Å². The molecule has 0 aliphatic carbocycles. The maximum Gasteiger partial charge on any atom is 0.338 e. The highest BCUT2D eigenvalue weighted by Gasteiger charge is 2.33. The van der Waals surface area contributed by atoms with Crippen molar-refractivity contribution in [3.63, 3.8) is 0 Å². The van der Waals surface area contributed by atoms with Gasteiger partial charge in [-0.1, -0.05) is 60.9 Å². The van der Waals surface area contributed by atoms with Crippen molar-refractivity contribution in [1.29, 1.82) is 0 Å². The molecule has 0 radical (unpaired) electrons. The summed E-state index contributed by atoms with van der Waals surface area (Å²) in [6.07, 6.45) is 4.98. The van der Waals surface area contributed by atoms with Gasteiger partial charge in [-0.2, -0.15) is 0 Å². The fraction of sp³-hybridized carbons (Fsp3) is 0.179. The number of hydrogen-bond acceptors (Lipinski definition) is 7. The molecule has 184 valence electrons. The molecule has 7 nitrogen and oxygen atoms in total. The molecular formula is C28H26N2O5S. The smallest absolute Gasteiger partial charge is 0.338 e. The van der Waals surface area contributed by atoms with E-state index >= 15 is 0 Å². The van der Waals surface area contributed by atoms with Gasteiger partial charge in [-0.05, 0) is 48.4 Å². The number of esters is 1. The number of carbonyl (C=O) groups is 1. The van der Waals surface area contributed by atoms with Gasteiger partial charge in [0, 0.05) is 0 Å². The molecule has 1 aromatic heterocycles. The quantitative estimate of drug-likeness (QED) is 0.330. The van der Waals surface area contributed by atoms with Crippen molar-refractivity contribution in [3.8, 4) is 11.5 Å². The first-order valence-corrected chi connectivity index (χ1v) is 12.1. The van der Waals surface area contributed by atoms with E-state index in [0.29, 0.717) is 38.7 Å². The minimum Gasteiger partial charge on any atom is -0.497 e. The van der Waals surface area contributed by atoms with E-state index in [9.17, 15) is 9.59 Å². The molecule has 0 amide bonds. The maximum absolute atomic E-state index is 13.7. The van der Waals surface area contributed by atoms with Crippen LogP contribution in [0, 0.1) is 0 Å². The Hall–Kier alpha value is -4.17. The van der Waals surface area contributed by atoms with Gasteiger partial charge in [0.15, 0.2) is 4.80 Å². The Morgan fingerprint density at radius 2 is 1.72 bits per heavy atom. The number of fused-ring (bicyclic) bond motifs is 1. The van der Waals surface area contributed by atoms with Crippen molar-refractivity contribution >= 4 is 23.4 Å². The molecule has 1 aliphatic rings. The standard InChI is InChI=1S/C28H26N2O5S/c1-5-15-34-22-11-7-19(8-12-22)17-23-26(31)30-25(20-9-13-21(33-4)14-10-20)24(27(32)35-16-6-2)18(3)29-28(30)36-23/h5-14,17,25H,1-2,15-16H2,3-4H3/b23-17-. The van der Waals surface area contributed by atoms with Gasteiger partial charge in [-0.25, -0.2) is 9.79 Å². The van der Waals surface area contributed by atoms with E-state index < -0.39 is 12.0 Å². The number of thiazole rings is 1. The van der Waals surface area contributed by atoms with Crippen molar-refractivity contribution in [2.45, 2.75) is 13.0 Å². The largest absolute Gasteiger partial charge is 0.497 e. The summed E-state index contributed by atoms with van der Waals surface area (Å²) in [5.74, 6) is 0.843. The van der Waals surface area contributed by atoms with E-state index in [-0.39, 0.29) is 12.2 Å². The second kappa shape index (κ2) is 11.0. The van der Waals surface area contributed by atoms with Crippen LogP contribution in [0.3, 0.4) is 0 Å². The first kappa shape index (κ1) is 24.9. The molecule has 0 saturated heterocycles. The summed E-state index contributed by atoms with van der Waals surface area (Å²) in [6, 6.07) is 14.0. The van der Waals surface area contributed by atoms with Crippen LogP contribution in [-0.2, 0) is 9.53 Å². The zero-order chi connectivity index (χ0) is 25.7. The van der Waals surface area contributed by atoms with Crippen molar-refractivity contribution in [2.24, 2.45) is 4.99 Å². The highest BCUT2D eigenvalue weighted by molar-refractivity contribution is 7.07. The molecular weight excluding hydrogens is 476 g/mol. The monoisotopic (exact) mass is 502 g/mol. The highest BCUT2D eigenvalue weighted by atomic mass is 32.1. The topological polar surface area (TPSA) is 79.1 Å². The predicted molar refractivity (Wildman–Crippen MR) is 140 cm³/mol. The molecule has 0 spiro atoms. The van der Waals surface area contributed by atoms with Gasteiger partial charge in [-0.15, -0.1) is 0 Å². The second-order valence-corrected chi connectivity index (χ2v) is 8.92. The third-order valence-corrected chi connectivity index (χ3v) is 6.53. The van der Waals surface area contributed by atoms with Gasteiger partial charge in [0.25, 0.3) is 5.56 Å². The van der Waals surface area contributed by atoms with E-state index in [1.165, 1.54) is 17.4 Å². The number of carbonyl (C=O) groups excluding carboxylic acids is 1. The molecule has 4 rings (SSSR count). The van der Waals surface area contributed by atoms with Gasteiger partial charge in [-0.3, -0.25) is 9.36 Å². The average molecular weight is 503 g/mol. The van der Waals surface area contributed by atoms with Crippen LogP contribution in [0.15, 0.2) is 94.9 Å². The number of methoxy groups -OCH3 is 1. The molecule has 36 heavy (non-hydrogen) atoms. The predicted octanol–water partition coefficient (Wildman–Crippen LogP) is 3.54. The number of hydrogen-bond donors (Lipinski definition) is 0. The van der Waals surface area contributed by atoms with Crippen molar-refractivity contribution in [2.75, 3.05) is 20.3 Å². The Kier molecular flexibility index (Phi) is 7.65. The van der Waals surface area contributed by atoms with Crippen molar-refractivity contribution in [3.05, 3.63) is 116 Å². The number of ether oxygens (including phenoxy) is 3. The normalized spacial score (nSPS) is 15.1. The summed E-state index contributed by atoms with van der Waals surface area (Å²) in [4.78, 5) is 31.8. The molecule has 1 atom stereocenters. The zero-order valence-electron chi connectivity index (χ0n) is 20.1. The molecule has 2 heterocycles. The van der Waals surface area contributed by atoms with E-state index in [1.807, 2.05) is 36.4 Å². The molecule has 1 aliphatic heterocycles. The van der Waals surface area contributed by atoms with Crippen LogP contribution in [0.25, 0.3) is 6.08 Å². The Bertz CT molecular complexity index is 1500. The summed E-state index contributed by atoms with van der Waals surface area (Å²) >= 11 is 1.27. The highest BCUT2D eigenvalue weighted by Crippen LogP contribution is 2.31. The van der Waals surface area contributed by atoms with E-state index in [2.05, 4.69) is 18.2 Å². The number of allylic oxidation sites excluding steroid dienone is 1. The van der Waals surface area contributed by atoms with Crippen LogP contribution in [-0.4, -0.2) is 30.9 Å². The minimum absolute atomic E-state index is 0.0574. The molecule has 0 fully saturated rings. The zero-order valence-corrected chi connectivity index (χ0v) is 20.9. The van der Waals surface area contributed by atoms with Crippen LogP contribution in [0.5, 0.6) is 11.5 Å². The minimum atomic E-state index is -0.693. The molecule has 0 bridgehead atoms. The van der Waals surface area contributed by atoms with Gasteiger partial charge in [0.05, 0.1) is 29.0 Å². The molecule has 1 unspecified atom stereocenters. The van der Waals surface area contributed by atoms with Crippen LogP contribution in [0.1, 0.15) is 24.1 Å². The molecule has 8 heteroatoms. The van der Waals surface area contributed by atoms with Gasteiger partial charge in [0.1, 0.15) is 24.7 Å². The summed E-state index contributed by atoms with van der Waals surface area (Å²) in [5, 5.41) is 0. The summed E-state index contributed by atoms with van der Waals surface area (Å²) in [7, 11) is 1.58. The average Bonchev–Trinajstić information content (AvgIpc) is 3.20. The number of rotatable bonds is 9. The van der Waals surface area contributed by atoms with Crippen LogP contribution in [0.2, 0.25) is 0 Å². The molecule has 3 aromatic rings. The number of benzene rings is 2. The lowest BCUT2D eigenvalue weighted by atomic mass is 9.96. The first-order chi connectivity index (χ1) is 17.5. The Morgan fingerprint density at radius 3 is 2.36 bits per heavy atom. The van der Waals surface area contributed by atoms with Crippen LogP contribution in [0.4, 0.5) is 0 Å². The van der Waals surface area contributed by atoms with E-state index in [1.54, 1.807) is 42.9 Å². The summed E-state index contributed by atoms with van der Waals surface area (Å²) in [5.41, 5.74) is 2.15. The molecule has 2 aromatic carbocycles. The fourth-order valence-electron chi connectivity index (χ4n) is 3.86. The summed E-state index contributed by atoms with van der Waals surface area (Å²) in [6.45, 7) is 9.47. The first-order valence-electron chi connectivity index (χ1n) is 11.2. The van der Waals surface area contributed by atoms with Gasteiger partial charge >= 0.3 is 5.97 Å². The van der Waals surface area contributed by atoms with Crippen LogP contribution < -0.4 is 24.4 Å². The number of aromatic nitrogens is 1. The maximum atomic E-state index is 13.7. The SMILES string of the molecule is C=CCOC(=O)C1=C(C)N=c2s/c(=C\c3ccc(OCC=C)cc3)c(=O)n2C1c1ccc(OC)cc1. The fourth-order valence-corrected chi connectivity index (χ4v) is 4.91. The Balaban J connectivity index is 1.83. The lowest BCUT2D eigenvalue weighted by molar-refractivity contribution is -0.138. The lowest BCUT2D eigenvalue weighted by Crippen LogP contribution is -2.39. The third-order valence-electron chi connectivity index (χ3n) is 5.55. The third kappa shape index (κ3) is 5.08. The molecule has 0 N–H and O–H groups in total. The Morgan fingerprint density at radius 1 is 1.06 bits per heavy atom. The van der Waals surface area contributed by atoms with Crippen molar-refractivity contribution < 1.29 is 19.0 Å².